The van der Waals surface area contributed by atoms with Crippen LogP contribution in [0.2, 0.25) is 0 Å². The Balaban J connectivity index is 2.67. The summed E-state index contributed by atoms with van der Waals surface area (Å²) in [5, 5.41) is 5.28. The van der Waals surface area contributed by atoms with Crippen LogP contribution in [0.4, 0.5) is 0 Å². The van der Waals surface area contributed by atoms with Crippen LogP contribution >= 0.6 is 23.2 Å². The summed E-state index contributed by atoms with van der Waals surface area (Å²) in [5.74, 6) is -0.118. The molecular weight excluding hydrogens is 415 g/mol. The molecule has 0 fully saturated rings. The number of unbranched alkanes of at least 4 members (excludes halogenated alkanes) is 6. The van der Waals surface area contributed by atoms with E-state index in [1.807, 2.05) is 0 Å². The summed E-state index contributed by atoms with van der Waals surface area (Å²) < 4.78 is 11.3. The van der Waals surface area contributed by atoms with Gasteiger partial charge < -0.3 is 20.1 Å². The Kier molecular flexibility index (Phi) is 13.3. The number of ether oxygens (including phenoxy) is 2. The van der Waals surface area contributed by atoms with Gasteiger partial charge in [-0.05, 0) is 24.1 Å². The summed E-state index contributed by atoms with van der Waals surface area (Å²) in [7, 11) is 1.55. The third-order valence-corrected chi connectivity index (χ3v) is 4.87. The van der Waals surface area contributed by atoms with Gasteiger partial charge in [0.15, 0.2) is 11.5 Å². The second kappa shape index (κ2) is 15.2. The lowest BCUT2D eigenvalue weighted by Gasteiger charge is -2.21. The van der Waals surface area contributed by atoms with Gasteiger partial charge in [-0.1, -0.05) is 51.5 Å². The Morgan fingerprint density at radius 1 is 0.931 bits per heavy atom. The Hall–Kier alpha value is -1.66. The van der Waals surface area contributed by atoms with Crippen LogP contribution in [0, 0.1) is 0 Å². The van der Waals surface area contributed by atoms with Crippen LogP contribution < -0.4 is 20.1 Å². The molecule has 0 heterocycles. The summed E-state index contributed by atoms with van der Waals surface area (Å²) in [6, 6.07) is 5.24. The first-order valence-electron chi connectivity index (χ1n) is 10.1. The van der Waals surface area contributed by atoms with Crippen molar-refractivity contribution < 1.29 is 19.1 Å². The molecule has 0 spiro atoms. The first-order chi connectivity index (χ1) is 14.0. The van der Waals surface area contributed by atoms with Crippen molar-refractivity contribution in [2.24, 2.45) is 0 Å². The van der Waals surface area contributed by atoms with Crippen LogP contribution in [0.3, 0.4) is 0 Å². The van der Waals surface area contributed by atoms with Gasteiger partial charge >= 0.3 is 0 Å². The predicted molar refractivity (Wildman–Crippen MR) is 117 cm³/mol. The van der Waals surface area contributed by atoms with E-state index in [0.717, 1.165) is 12.8 Å². The second-order valence-electron chi connectivity index (χ2n) is 6.72. The largest absolute Gasteiger partial charge is 0.493 e. The second-order valence-corrected chi connectivity index (χ2v) is 7.25. The molecule has 8 heteroatoms. The molecule has 0 unspecified atom stereocenters. The molecule has 6 nitrogen and oxygen atoms in total. The van der Waals surface area contributed by atoms with Crippen molar-refractivity contribution in [1.82, 2.24) is 10.6 Å². The summed E-state index contributed by atoms with van der Waals surface area (Å²) in [6.45, 7) is 2.82. The Bertz CT molecular complexity index is 611. The standard InChI is InChI=1S/C21H32Cl2N2O4/c1-3-4-5-6-7-8-9-12-29-17-11-10-16(13-18(17)28-2)21(24-19(26)14-22)25-20(27)15-23/h10-11,13,21H,3-9,12,14-15H2,1-2H3,(H,24,26)(H,25,27). The zero-order valence-electron chi connectivity index (χ0n) is 17.3. The summed E-state index contributed by atoms with van der Waals surface area (Å²) in [5.41, 5.74) is 0.627. The van der Waals surface area contributed by atoms with Crippen molar-refractivity contribution in [2.75, 3.05) is 25.5 Å². The fraction of sp³-hybridized carbons (Fsp3) is 0.619. The molecule has 164 valence electrons. The summed E-state index contributed by atoms with van der Waals surface area (Å²) in [6.07, 6.45) is 7.71. The van der Waals surface area contributed by atoms with E-state index in [9.17, 15) is 9.59 Å². The third kappa shape index (κ3) is 10.1. The number of amides is 2. The summed E-state index contributed by atoms with van der Waals surface area (Å²) >= 11 is 11.1. The van der Waals surface area contributed by atoms with Crippen molar-refractivity contribution in [3.05, 3.63) is 23.8 Å². The van der Waals surface area contributed by atoms with Crippen molar-refractivity contribution >= 4 is 35.0 Å². The smallest absolute Gasteiger partial charge is 0.236 e. The van der Waals surface area contributed by atoms with Crippen LogP contribution in [-0.2, 0) is 9.59 Å². The van der Waals surface area contributed by atoms with Crippen LogP contribution in [0.1, 0.15) is 63.6 Å². The van der Waals surface area contributed by atoms with Gasteiger partial charge in [0, 0.05) is 0 Å². The highest BCUT2D eigenvalue weighted by Crippen LogP contribution is 2.30. The average Bonchev–Trinajstić information content (AvgIpc) is 2.74. The Morgan fingerprint density at radius 2 is 1.52 bits per heavy atom. The number of carbonyl (C=O) groups is 2. The highest BCUT2D eigenvalue weighted by atomic mass is 35.5. The molecule has 2 amide bonds. The number of benzene rings is 1. The molecule has 1 aromatic rings. The molecule has 0 bridgehead atoms. The molecule has 0 atom stereocenters. The monoisotopic (exact) mass is 446 g/mol. The van der Waals surface area contributed by atoms with E-state index < -0.39 is 18.0 Å². The Labute approximate surface area is 183 Å². The maximum Gasteiger partial charge on any atom is 0.236 e. The van der Waals surface area contributed by atoms with Gasteiger partial charge in [-0.2, -0.15) is 0 Å². The molecule has 0 aliphatic heterocycles. The number of methoxy groups -OCH3 is 1. The molecule has 1 aromatic carbocycles. The number of hydrogen-bond acceptors (Lipinski definition) is 4. The lowest BCUT2D eigenvalue weighted by atomic mass is 10.1. The molecule has 0 aromatic heterocycles. The third-order valence-electron chi connectivity index (χ3n) is 4.38. The van der Waals surface area contributed by atoms with E-state index in [-0.39, 0.29) is 11.8 Å². The fourth-order valence-electron chi connectivity index (χ4n) is 2.83. The molecule has 0 radical (unpaired) electrons. The van der Waals surface area contributed by atoms with Crippen molar-refractivity contribution in [1.29, 1.82) is 0 Å². The van der Waals surface area contributed by atoms with Gasteiger partial charge in [0.2, 0.25) is 11.8 Å². The number of halogens is 2. The lowest BCUT2D eigenvalue weighted by Crippen LogP contribution is -2.42. The highest BCUT2D eigenvalue weighted by molar-refractivity contribution is 6.27. The van der Waals surface area contributed by atoms with Crippen LogP contribution in [0.25, 0.3) is 0 Å². The molecule has 0 aliphatic carbocycles. The van der Waals surface area contributed by atoms with Gasteiger partial charge in [0.1, 0.15) is 17.9 Å². The average molecular weight is 447 g/mol. The zero-order chi connectivity index (χ0) is 21.5. The number of hydrogen-bond donors (Lipinski definition) is 2. The number of rotatable bonds is 15. The molecule has 0 saturated heterocycles. The predicted octanol–water partition coefficient (Wildman–Crippen LogP) is 4.53. The van der Waals surface area contributed by atoms with E-state index in [1.54, 1.807) is 25.3 Å². The molecule has 0 aliphatic rings. The van der Waals surface area contributed by atoms with E-state index in [2.05, 4.69) is 17.6 Å². The number of carbonyl (C=O) groups excluding carboxylic acids is 2. The van der Waals surface area contributed by atoms with Gasteiger partial charge in [0.05, 0.1) is 13.7 Å². The van der Waals surface area contributed by atoms with E-state index in [0.29, 0.717) is 23.7 Å². The maximum atomic E-state index is 11.7. The first-order valence-corrected chi connectivity index (χ1v) is 11.1. The van der Waals surface area contributed by atoms with Crippen molar-refractivity contribution in [3.63, 3.8) is 0 Å². The van der Waals surface area contributed by atoms with Gasteiger partial charge in [-0.15, -0.1) is 23.2 Å². The minimum absolute atomic E-state index is 0.218. The van der Waals surface area contributed by atoms with Crippen LogP contribution in [0.5, 0.6) is 11.5 Å². The highest BCUT2D eigenvalue weighted by Gasteiger charge is 2.18. The van der Waals surface area contributed by atoms with Crippen LogP contribution in [0.15, 0.2) is 18.2 Å². The van der Waals surface area contributed by atoms with E-state index in [4.69, 9.17) is 32.7 Å². The zero-order valence-corrected chi connectivity index (χ0v) is 18.8. The normalized spacial score (nSPS) is 10.7. The fourth-order valence-corrected chi connectivity index (χ4v) is 2.98. The Morgan fingerprint density at radius 3 is 2.07 bits per heavy atom. The molecule has 2 N–H and O–H groups in total. The van der Waals surface area contributed by atoms with Gasteiger partial charge in [-0.3, -0.25) is 9.59 Å². The van der Waals surface area contributed by atoms with Crippen molar-refractivity contribution in [3.8, 4) is 11.5 Å². The van der Waals surface area contributed by atoms with E-state index >= 15 is 0 Å². The number of alkyl halides is 2. The SMILES string of the molecule is CCCCCCCCCOc1ccc(C(NC(=O)CCl)NC(=O)CCl)cc1OC. The van der Waals surface area contributed by atoms with E-state index in [1.165, 1.54) is 32.1 Å². The molecule has 29 heavy (non-hydrogen) atoms. The topological polar surface area (TPSA) is 76.7 Å². The van der Waals surface area contributed by atoms with Crippen LogP contribution in [-0.4, -0.2) is 37.3 Å². The quantitative estimate of drug-likeness (QED) is 0.235. The molecule has 1 rings (SSSR count). The molecule has 0 saturated carbocycles. The summed E-state index contributed by atoms with van der Waals surface area (Å²) in [4.78, 5) is 23.4. The number of nitrogens with one attached hydrogen (secondary N) is 2. The maximum absolute atomic E-state index is 11.7. The van der Waals surface area contributed by atoms with Gasteiger partial charge in [0.25, 0.3) is 0 Å². The van der Waals surface area contributed by atoms with Crippen molar-refractivity contribution in [2.45, 2.75) is 58.0 Å². The lowest BCUT2D eigenvalue weighted by molar-refractivity contribution is -0.122. The first kappa shape index (κ1) is 25.4. The minimum atomic E-state index is -0.765. The van der Waals surface area contributed by atoms with Gasteiger partial charge in [-0.25, -0.2) is 0 Å². The minimum Gasteiger partial charge on any atom is -0.493 e. The molecular formula is C21H32Cl2N2O4.